The van der Waals surface area contributed by atoms with Crippen LogP contribution in [0.4, 0.5) is 0 Å². The van der Waals surface area contributed by atoms with E-state index in [1.807, 2.05) is 60.7 Å². The third kappa shape index (κ3) is 16.5. The fraction of sp³-hybridized carbons (Fsp3) is 0. The summed E-state index contributed by atoms with van der Waals surface area (Å²) in [6.07, 6.45) is 0. The predicted molar refractivity (Wildman–Crippen MR) is 228 cm³/mol. The molecule has 0 radical (unpaired) electrons. The van der Waals surface area contributed by atoms with Crippen molar-refractivity contribution in [3.05, 3.63) is 255 Å². The maximum atomic E-state index is 2.89. The Labute approximate surface area is 351 Å². The van der Waals surface area contributed by atoms with E-state index in [0.717, 1.165) is 0 Å². The summed E-state index contributed by atoms with van der Waals surface area (Å²) in [6.45, 7) is 0. The van der Waals surface area contributed by atoms with Crippen molar-refractivity contribution in [3.8, 4) is 0 Å². The molecule has 0 saturated heterocycles. The van der Waals surface area contributed by atoms with Gasteiger partial charge in [0.2, 0.25) is 0 Å². The Bertz CT molecular complexity index is 1590. The van der Waals surface area contributed by atoms with Crippen molar-refractivity contribution in [2.75, 3.05) is 0 Å². The van der Waals surface area contributed by atoms with Gasteiger partial charge in [0.25, 0.3) is 0 Å². The SMILES string of the molecule is O.O.[Pd].[Pd].[c-]1ccccc1.[c-]1ccccc1.c1ccc(P(c2ccccc2)c2ccccc2)cc1.c1ccc(P(c2ccccc2)c2ccccc2)cc1. The number of benzene rings is 8. The van der Waals surface area contributed by atoms with E-state index >= 15 is 0 Å². The number of hydrogen-bond acceptors (Lipinski definition) is 0. The summed E-state index contributed by atoms with van der Waals surface area (Å²) >= 11 is 0. The van der Waals surface area contributed by atoms with E-state index < -0.39 is 15.8 Å². The second kappa shape index (κ2) is 29.3. The van der Waals surface area contributed by atoms with Crippen LogP contribution in [-0.4, -0.2) is 11.0 Å². The molecule has 0 bridgehead atoms. The van der Waals surface area contributed by atoms with Crippen LogP contribution in [0.2, 0.25) is 0 Å². The van der Waals surface area contributed by atoms with Crippen LogP contribution < -0.4 is 31.8 Å². The van der Waals surface area contributed by atoms with Crippen LogP contribution in [0.3, 0.4) is 0 Å². The Balaban J connectivity index is 0.000000391. The molecule has 0 fully saturated rings. The smallest absolute Gasteiger partial charge is 0 e. The third-order valence-corrected chi connectivity index (χ3v) is 12.2. The zero-order valence-electron chi connectivity index (χ0n) is 29.6. The van der Waals surface area contributed by atoms with E-state index in [1.165, 1.54) is 31.8 Å². The van der Waals surface area contributed by atoms with Gasteiger partial charge in [0.05, 0.1) is 0 Å². The van der Waals surface area contributed by atoms with Crippen LogP contribution in [0.15, 0.2) is 243 Å². The zero-order valence-corrected chi connectivity index (χ0v) is 34.5. The summed E-state index contributed by atoms with van der Waals surface area (Å²) in [7, 11) is -0.892. The quantitative estimate of drug-likeness (QED) is 0.0918. The molecule has 8 aromatic rings. The Morgan fingerprint density at radius 3 is 0.481 bits per heavy atom. The summed E-state index contributed by atoms with van der Waals surface area (Å²) < 4.78 is 0. The summed E-state index contributed by atoms with van der Waals surface area (Å²) in [5.74, 6) is 0. The maximum absolute atomic E-state index is 2.89. The standard InChI is InChI=1S/2C18H15P.2C6H5.2H2O.2Pd/c2*1-4-10-16(11-5-1)19(17-12-6-2-7-13-17)18-14-8-3-9-15-18;2*1-2-4-6-5-3-1;;;;/h2*1-15H;2*1-5H;2*1H2;;/q;;2*-1;;;;. The van der Waals surface area contributed by atoms with Gasteiger partial charge >= 0.3 is 0 Å². The summed E-state index contributed by atoms with van der Waals surface area (Å²) in [5, 5.41) is 8.39. The van der Waals surface area contributed by atoms with E-state index in [-0.39, 0.29) is 51.8 Å². The molecular formula is C48H44O2P2Pd2-2. The van der Waals surface area contributed by atoms with E-state index in [4.69, 9.17) is 0 Å². The van der Waals surface area contributed by atoms with E-state index in [9.17, 15) is 0 Å². The Kier molecular flexibility index (Phi) is 25.9. The van der Waals surface area contributed by atoms with Gasteiger partial charge in [-0.25, -0.2) is 0 Å². The molecule has 6 heteroatoms. The second-order valence-corrected chi connectivity index (χ2v) is 15.3. The van der Waals surface area contributed by atoms with Crippen LogP contribution >= 0.6 is 15.8 Å². The molecule has 54 heavy (non-hydrogen) atoms. The molecular weight excluding hydrogens is 883 g/mol. The van der Waals surface area contributed by atoms with Gasteiger partial charge in [0, 0.05) is 40.8 Å². The molecule has 280 valence electrons. The van der Waals surface area contributed by atoms with Crippen LogP contribution in [0.1, 0.15) is 0 Å². The van der Waals surface area contributed by atoms with Crippen LogP contribution in [0.25, 0.3) is 0 Å². The molecule has 0 aliphatic rings. The third-order valence-electron chi connectivity index (χ3n) is 7.30. The minimum absolute atomic E-state index is 0. The Hall–Kier alpha value is -4.14. The van der Waals surface area contributed by atoms with Crippen molar-refractivity contribution in [1.82, 2.24) is 0 Å². The van der Waals surface area contributed by atoms with Gasteiger partial charge in [-0.3, -0.25) is 0 Å². The molecule has 0 saturated carbocycles. The van der Waals surface area contributed by atoms with E-state index in [0.29, 0.717) is 0 Å². The van der Waals surface area contributed by atoms with E-state index in [1.54, 1.807) is 0 Å². The Morgan fingerprint density at radius 2 is 0.370 bits per heavy atom. The first-order valence-electron chi connectivity index (χ1n) is 16.6. The van der Waals surface area contributed by atoms with Gasteiger partial charge in [0.1, 0.15) is 0 Å². The average molecular weight is 928 g/mol. The van der Waals surface area contributed by atoms with Gasteiger partial charge in [-0.2, -0.15) is 72.8 Å². The summed E-state index contributed by atoms with van der Waals surface area (Å²) in [5.41, 5.74) is 0. The molecule has 2 nitrogen and oxygen atoms in total. The minimum Gasteiger partial charge on any atom is -0.412 e. The molecule has 0 unspecified atom stereocenters. The molecule has 0 spiro atoms. The Morgan fingerprint density at radius 1 is 0.222 bits per heavy atom. The van der Waals surface area contributed by atoms with E-state index in [2.05, 4.69) is 194 Å². The first-order valence-corrected chi connectivity index (χ1v) is 19.3. The monoisotopic (exact) mass is 926 g/mol. The van der Waals surface area contributed by atoms with Crippen LogP contribution in [0.5, 0.6) is 0 Å². The van der Waals surface area contributed by atoms with Crippen LogP contribution in [0, 0.1) is 12.1 Å². The normalized spacial score (nSPS) is 9.22. The summed E-state index contributed by atoms with van der Waals surface area (Å²) in [6, 6.07) is 89.7. The van der Waals surface area contributed by atoms with Gasteiger partial charge in [-0.05, 0) is 47.7 Å². The van der Waals surface area contributed by atoms with Gasteiger partial charge in [0.15, 0.2) is 0 Å². The molecule has 0 aliphatic carbocycles. The fourth-order valence-corrected chi connectivity index (χ4v) is 9.65. The fourth-order valence-electron chi connectivity index (χ4n) is 5.04. The van der Waals surface area contributed by atoms with Crippen LogP contribution in [-0.2, 0) is 40.8 Å². The molecule has 0 aromatic heterocycles. The van der Waals surface area contributed by atoms with Crippen molar-refractivity contribution in [1.29, 1.82) is 0 Å². The zero-order chi connectivity index (χ0) is 34.3. The molecule has 0 amide bonds. The minimum atomic E-state index is -0.446. The van der Waals surface area contributed by atoms with Crippen molar-refractivity contribution in [3.63, 3.8) is 0 Å². The van der Waals surface area contributed by atoms with Gasteiger partial charge in [-0.1, -0.05) is 182 Å². The second-order valence-electron chi connectivity index (χ2n) is 10.8. The van der Waals surface area contributed by atoms with Gasteiger partial charge < -0.3 is 11.0 Å². The molecule has 8 aromatic carbocycles. The van der Waals surface area contributed by atoms with Crippen molar-refractivity contribution in [2.45, 2.75) is 0 Å². The van der Waals surface area contributed by atoms with Crippen molar-refractivity contribution < 1.29 is 51.8 Å². The molecule has 4 N–H and O–H groups in total. The number of rotatable bonds is 6. The average Bonchev–Trinajstić information content (AvgIpc) is 3.23. The molecule has 0 atom stereocenters. The largest absolute Gasteiger partial charge is 0.412 e. The maximum Gasteiger partial charge on any atom is 0 e. The summed E-state index contributed by atoms with van der Waals surface area (Å²) in [4.78, 5) is 0. The van der Waals surface area contributed by atoms with Crippen molar-refractivity contribution in [2.24, 2.45) is 0 Å². The van der Waals surface area contributed by atoms with Gasteiger partial charge in [-0.15, -0.1) is 0 Å². The topological polar surface area (TPSA) is 63.0 Å². The molecule has 0 aliphatic heterocycles. The predicted octanol–water partition coefficient (Wildman–Crippen LogP) is 8.21. The first-order chi connectivity index (χ1) is 24.9. The first kappa shape index (κ1) is 47.9. The van der Waals surface area contributed by atoms with Crippen molar-refractivity contribution >= 4 is 47.7 Å². The molecule has 0 heterocycles. The number of hydrogen-bond donors (Lipinski definition) is 0. The molecule has 8 rings (SSSR count).